The maximum atomic E-state index is 14.8. The Morgan fingerprint density at radius 3 is 2.52 bits per heavy atom. The maximum absolute atomic E-state index is 14.8. The van der Waals surface area contributed by atoms with Crippen LogP contribution in [-0.2, 0) is 15.7 Å². The molecule has 2 N–H and O–H groups in total. The highest BCUT2D eigenvalue weighted by Gasteiger charge is 2.37. The number of methoxy groups -OCH3 is 1. The SMILES string of the molecule is C#Cc1c(N)sc2c(F)ccc(-c3c(C(F)(F)F)cc4c(C)nc(OCC5(C)CCCN(CCCCCCCC)C5)nc4c3C)c12.COC=O. The molecule has 1 atom stereocenters. The molecular weight excluding hydrogens is 669 g/mol. The lowest BCUT2D eigenvalue weighted by Crippen LogP contribution is -2.45. The fourth-order valence-electron chi connectivity index (χ4n) is 6.82. The number of aryl methyl sites for hydroxylation is 2. The fourth-order valence-corrected chi connectivity index (χ4v) is 7.78. The number of thiophene rings is 1. The Hall–Kier alpha value is -3.95. The number of ether oxygens (including phenoxy) is 2. The maximum Gasteiger partial charge on any atom is 0.417 e. The number of likely N-dealkylation sites (tertiary alicyclic amines) is 1. The monoisotopic (exact) mass is 714 g/mol. The van der Waals surface area contributed by atoms with Crippen molar-refractivity contribution in [2.75, 3.05) is 39.1 Å². The summed E-state index contributed by atoms with van der Waals surface area (Å²) in [5.41, 5.74) is 6.31. The van der Waals surface area contributed by atoms with Gasteiger partial charge in [-0.05, 0) is 75.0 Å². The van der Waals surface area contributed by atoms with Crippen LogP contribution in [0.15, 0.2) is 18.2 Å². The number of piperidine rings is 1. The molecule has 1 aliphatic heterocycles. The highest BCUT2D eigenvalue weighted by molar-refractivity contribution is 7.23. The van der Waals surface area contributed by atoms with Crippen molar-refractivity contribution in [3.8, 4) is 29.5 Å². The van der Waals surface area contributed by atoms with Gasteiger partial charge in [0.25, 0.3) is 6.47 Å². The summed E-state index contributed by atoms with van der Waals surface area (Å²) >= 11 is 0.924. The standard InChI is InChI=1S/C36H42F4N4OS.C2H4O2/c1-6-8-9-10-11-12-17-44-18-13-16-35(5,20-44)21-45-34-42-23(4)26-19-27(36(38,39)40)29(22(3)31(26)43-34)25-14-15-28(37)32-30(25)24(7-2)33(41)46-32;1-4-2-3/h2,14-15,19H,6,8-13,16-18,20-21,41H2,1,3-5H3;2H,1H3. The van der Waals surface area contributed by atoms with E-state index in [1.165, 1.54) is 51.7 Å². The predicted octanol–water partition coefficient (Wildman–Crippen LogP) is 9.48. The molecule has 1 fully saturated rings. The van der Waals surface area contributed by atoms with Crippen LogP contribution < -0.4 is 10.5 Å². The summed E-state index contributed by atoms with van der Waals surface area (Å²) in [6, 6.07) is 3.68. The molecule has 0 bridgehead atoms. The molecule has 0 saturated carbocycles. The lowest BCUT2D eigenvalue weighted by atomic mass is 9.82. The van der Waals surface area contributed by atoms with E-state index in [-0.39, 0.29) is 54.2 Å². The molecule has 2 aromatic heterocycles. The molecule has 1 saturated heterocycles. The Balaban J connectivity index is 0.00000133. The van der Waals surface area contributed by atoms with Gasteiger partial charge in [0.1, 0.15) is 10.8 Å². The predicted molar refractivity (Wildman–Crippen MR) is 193 cm³/mol. The molecule has 1 unspecified atom stereocenters. The number of fused-ring (bicyclic) bond motifs is 2. The number of hydrogen-bond acceptors (Lipinski definition) is 8. The average Bonchev–Trinajstić information content (AvgIpc) is 3.42. The average molecular weight is 715 g/mol. The zero-order chi connectivity index (χ0) is 36.6. The number of aromatic nitrogens is 2. The molecule has 50 heavy (non-hydrogen) atoms. The van der Waals surface area contributed by atoms with Crippen LogP contribution in [0.2, 0.25) is 0 Å². The van der Waals surface area contributed by atoms with Gasteiger partial charge in [-0.15, -0.1) is 17.8 Å². The van der Waals surface area contributed by atoms with Crippen molar-refractivity contribution < 1.29 is 31.8 Å². The highest BCUT2D eigenvalue weighted by atomic mass is 32.1. The molecule has 2 aromatic carbocycles. The quantitative estimate of drug-likeness (QED) is 0.0677. The second kappa shape index (κ2) is 16.8. The summed E-state index contributed by atoms with van der Waals surface area (Å²) in [5.74, 6) is 1.86. The van der Waals surface area contributed by atoms with Crippen LogP contribution in [0, 0.1) is 37.4 Å². The summed E-state index contributed by atoms with van der Waals surface area (Å²) in [6.07, 6.45) is 10.6. The van der Waals surface area contributed by atoms with Crippen LogP contribution >= 0.6 is 11.3 Å². The van der Waals surface area contributed by atoms with Crippen molar-refractivity contribution >= 4 is 43.8 Å². The van der Waals surface area contributed by atoms with Crippen molar-refractivity contribution in [2.24, 2.45) is 5.41 Å². The molecule has 12 heteroatoms. The Morgan fingerprint density at radius 2 is 1.86 bits per heavy atom. The van der Waals surface area contributed by atoms with Gasteiger partial charge in [0.2, 0.25) is 0 Å². The Morgan fingerprint density at radius 1 is 1.16 bits per heavy atom. The van der Waals surface area contributed by atoms with Crippen LogP contribution in [0.3, 0.4) is 0 Å². The minimum Gasteiger partial charge on any atom is -0.471 e. The number of halogens is 4. The Kier molecular flexibility index (Phi) is 13.1. The van der Waals surface area contributed by atoms with E-state index in [4.69, 9.17) is 21.7 Å². The van der Waals surface area contributed by atoms with Crippen LogP contribution in [0.5, 0.6) is 6.01 Å². The molecular formula is C38H46F4N4O3S. The smallest absolute Gasteiger partial charge is 0.417 e. The van der Waals surface area contributed by atoms with Crippen molar-refractivity contribution in [2.45, 2.75) is 85.2 Å². The number of nitrogens with zero attached hydrogens (tertiary/aromatic N) is 3. The molecule has 0 amide bonds. The number of anilines is 1. The number of rotatable bonds is 12. The third kappa shape index (κ3) is 8.85. The van der Waals surface area contributed by atoms with Gasteiger partial charge in [-0.25, -0.2) is 4.39 Å². The molecule has 0 aliphatic carbocycles. The van der Waals surface area contributed by atoms with E-state index in [2.05, 4.69) is 39.4 Å². The summed E-state index contributed by atoms with van der Waals surface area (Å²) in [5, 5.41) is 0.637. The van der Waals surface area contributed by atoms with E-state index in [0.29, 0.717) is 24.3 Å². The number of unbranched alkanes of at least 4 members (excludes halogenated alkanes) is 5. The first-order valence-corrected chi connectivity index (χ1v) is 17.8. The van der Waals surface area contributed by atoms with E-state index in [1.807, 2.05) is 0 Å². The normalized spacial score (nSPS) is 16.6. The number of nitrogen functional groups attached to an aromatic ring is 1. The first kappa shape index (κ1) is 38.8. The Labute approximate surface area is 295 Å². The molecule has 3 heterocycles. The molecule has 1 aliphatic rings. The van der Waals surface area contributed by atoms with Gasteiger partial charge in [-0.1, -0.05) is 57.9 Å². The highest BCUT2D eigenvalue weighted by Crippen LogP contribution is 2.47. The second-order valence-corrected chi connectivity index (χ2v) is 14.3. The van der Waals surface area contributed by atoms with Crippen LogP contribution in [0.1, 0.15) is 87.6 Å². The lowest BCUT2D eigenvalue weighted by Gasteiger charge is -2.40. The first-order valence-electron chi connectivity index (χ1n) is 17.0. The molecule has 270 valence electrons. The fraction of sp³-hybridized carbons (Fsp3) is 0.500. The van der Waals surface area contributed by atoms with Crippen molar-refractivity contribution in [3.05, 3.63) is 46.4 Å². The third-order valence-electron chi connectivity index (χ3n) is 9.27. The zero-order valence-electron chi connectivity index (χ0n) is 29.4. The third-order valence-corrected chi connectivity index (χ3v) is 10.3. The topological polar surface area (TPSA) is 90.6 Å². The molecule has 5 rings (SSSR count). The summed E-state index contributed by atoms with van der Waals surface area (Å²) in [7, 11) is 1.31. The largest absolute Gasteiger partial charge is 0.471 e. The molecule has 0 spiro atoms. The van der Waals surface area contributed by atoms with Gasteiger partial charge in [0.05, 0.1) is 40.8 Å². The first-order chi connectivity index (χ1) is 23.8. The van der Waals surface area contributed by atoms with Gasteiger partial charge in [0.15, 0.2) is 0 Å². The van der Waals surface area contributed by atoms with Gasteiger partial charge in [-0.3, -0.25) is 4.79 Å². The van der Waals surface area contributed by atoms with E-state index < -0.39 is 17.6 Å². The number of carbonyl (C=O) groups excluding carboxylic acids is 1. The van der Waals surface area contributed by atoms with Gasteiger partial charge in [-0.2, -0.15) is 23.1 Å². The number of alkyl halides is 3. The van der Waals surface area contributed by atoms with Crippen LogP contribution in [-0.4, -0.2) is 54.7 Å². The van der Waals surface area contributed by atoms with Gasteiger partial charge in [0, 0.05) is 22.7 Å². The van der Waals surface area contributed by atoms with Crippen LogP contribution in [0.4, 0.5) is 22.6 Å². The van der Waals surface area contributed by atoms with Crippen molar-refractivity contribution in [1.82, 2.24) is 14.9 Å². The zero-order valence-corrected chi connectivity index (χ0v) is 30.3. The molecule has 4 aromatic rings. The second-order valence-electron chi connectivity index (χ2n) is 13.3. The summed E-state index contributed by atoms with van der Waals surface area (Å²) in [6.45, 7) is 11.5. The molecule has 0 radical (unpaired) electrons. The van der Waals surface area contributed by atoms with Crippen LogP contribution in [0.25, 0.3) is 32.1 Å². The number of benzene rings is 2. The van der Waals surface area contributed by atoms with Gasteiger partial charge >= 0.3 is 12.2 Å². The summed E-state index contributed by atoms with van der Waals surface area (Å²) < 4.78 is 69.0. The number of terminal acetylenes is 1. The Bertz CT molecular complexity index is 1850. The van der Waals surface area contributed by atoms with Crippen molar-refractivity contribution in [3.63, 3.8) is 0 Å². The van der Waals surface area contributed by atoms with E-state index in [9.17, 15) is 17.6 Å². The summed E-state index contributed by atoms with van der Waals surface area (Å²) in [4.78, 5) is 20.6. The molecule has 7 nitrogen and oxygen atoms in total. The number of nitrogens with two attached hydrogens (primary N) is 1. The number of carbonyl (C=O) groups is 1. The van der Waals surface area contributed by atoms with Crippen molar-refractivity contribution in [1.29, 1.82) is 0 Å². The number of hydrogen-bond donors (Lipinski definition) is 1. The van der Waals surface area contributed by atoms with E-state index >= 15 is 0 Å². The minimum atomic E-state index is -4.72. The minimum absolute atomic E-state index is 0.0999. The van der Waals surface area contributed by atoms with E-state index in [1.54, 1.807) is 13.8 Å². The lowest BCUT2D eigenvalue weighted by molar-refractivity contribution is -0.137. The van der Waals surface area contributed by atoms with Gasteiger partial charge < -0.3 is 20.1 Å². The van der Waals surface area contributed by atoms with E-state index in [0.717, 1.165) is 55.9 Å².